The second-order valence-corrected chi connectivity index (χ2v) is 7.28. The summed E-state index contributed by atoms with van der Waals surface area (Å²) in [5.41, 5.74) is 0.887. The van der Waals surface area contributed by atoms with Gasteiger partial charge < -0.3 is 24.3 Å². The third-order valence-corrected chi connectivity index (χ3v) is 5.31. The Labute approximate surface area is 175 Å². The SMILES string of the molecule is CCOc1cc(CNC(=NC)N2CCC(C)C(n3ccnc3)C2)ccc1OC(F)F. The van der Waals surface area contributed by atoms with Gasteiger partial charge in [-0.3, -0.25) is 4.99 Å². The summed E-state index contributed by atoms with van der Waals surface area (Å²) >= 11 is 0. The molecule has 1 aromatic heterocycles. The fourth-order valence-corrected chi connectivity index (χ4v) is 3.73. The number of benzene rings is 1. The van der Waals surface area contributed by atoms with Crippen molar-refractivity contribution in [2.45, 2.75) is 39.5 Å². The van der Waals surface area contributed by atoms with Crippen LogP contribution >= 0.6 is 0 Å². The van der Waals surface area contributed by atoms with Crippen molar-refractivity contribution in [2.75, 3.05) is 26.7 Å². The van der Waals surface area contributed by atoms with Gasteiger partial charge in [-0.1, -0.05) is 13.0 Å². The molecular formula is C21H29F2N5O2. The van der Waals surface area contributed by atoms with E-state index in [1.165, 1.54) is 6.07 Å². The van der Waals surface area contributed by atoms with Crippen LogP contribution in [0.4, 0.5) is 8.78 Å². The molecule has 164 valence electrons. The number of nitrogens with zero attached hydrogens (tertiary/aromatic N) is 4. The molecule has 30 heavy (non-hydrogen) atoms. The fraction of sp³-hybridized carbons (Fsp3) is 0.524. The number of halogens is 2. The summed E-state index contributed by atoms with van der Waals surface area (Å²) in [5.74, 6) is 1.69. The predicted molar refractivity (Wildman–Crippen MR) is 111 cm³/mol. The van der Waals surface area contributed by atoms with Gasteiger partial charge in [-0.15, -0.1) is 0 Å². The number of guanidine groups is 1. The van der Waals surface area contributed by atoms with Crippen LogP contribution in [0.1, 0.15) is 31.9 Å². The van der Waals surface area contributed by atoms with Crippen molar-refractivity contribution in [3.8, 4) is 11.5 Å². The molecule has 1 aliphatic heterocycles. The molecule has 0 radical (unpaired) electrons. The van der Waals surface area contributed by atoms with Gasteiger partial charge >= 0.3 is 6.61 Å². The van der Waals surface area contributed by atoms with Crippen LogP contribution in [0.2, 0.25) is 0 Å². The number of piperidine rings is 1. The average molecular weight is 421 g/mol. The highest BCUT2D eigenvalue weighted by atomic mass is 19.3. The van der Waals surface area contributed by atoms with Gasteiger partial charge in [0.05, 0.1) is 19.0 Å². The van der Waals surface area contributed by atoms with Gasteiger partial charge in [0, 0.05) is 39.1 Å². The maximum atomic E-state index is 12.6. The Kier molecular flexibility index (Phi) is 7.48. The van der Waals surface area contributed by atoms with Crippen LogP contribution in [0, 0.1) is 5.92 Å². The lowest BCUT2D eigenvalue weighted by molar-refractivity contribution is -0.0514. The van der Waals surface area contributed by atoms with Gasteiger partial charge in [-0.05, 0) is 37.0 Å². The molecule has 0 amide bonds. The molecule has 1 aromatic carbocycles. The van der Waals surface area contributed by atoms with Crippen molar-refractivity contribution >= 4 is 5.96 Å². The minimum absolute atomic E-state index is 0.0353. The van der Waals surface area contributed by atoms with Gasteiger partial charge in [0.1, 0.15) is 0 Å². The molecule has 1 saturated heterocycles. The first kappa shape index (κ1) is 21.9. The Bertz CT molecular complexity index is 829. The summed E-state index contributed by atoms with van der Waals surface area (Å²) in [6, 6.07) is 5.30. The summed E-state index contributed by atoms with van der Waals surface area (Å²) in [5, 5.41) is 3.37. The highest BCUT2D eigenvalue weighted by Gasteiger charge is 2.28. The summed E-state index contributed by atoms with van der Waals surface area (Å²) in [4.78, 5) is 10.8. The summed E-state index contributed by atoms with van der Waals surface area (Å²) < 4.78 is 37.3. The van der Waals surface area contributed by atoms with E-state index in [2.05, 4.69) is 36.4 Å². The molecule has 1 N–H and O–H groups in total. The Morgan fingerprint density at radius 3 is 2.87 bits per heavy atom. The van der Waals surface area contributed by atoms with E-state index in [-0.39, 0.29) is 5.75 Å². The van der Waals surface area contributed by atoms with E-state index in [9.17, 15) is 8.78 Å². The number of hydrogen-bond acceptors (Lipinski definition) is 4. The largest absolute Gasteiger partial charge is 0.490 e. The Morgan fingerprint density at radius 2 is 2.20 bits per heavy atom. The zero-order valence-corrected chi connectivity index (χ0v) is 17.6. The number of alkyl halides is 2. The molecule has 0 spiro atoms. The van der Waals surface area contributed by atoms with E-state index in [4.69, 9.17) is 4.74 Å². The molecule has 0 saturated carbocycles. The summed E-state index contributed by atoms with van der Waals surface area (Å²) in [7, 11) is 1.76. The van der Waals surface area contributed by atoms with Crippen molar-refractivity contribution in [3.63, 3.8) is 0 Å². The van der Waals surface area contributed by atoms with Gasteiger partial charge in [-0.25, -0.2) is 4.98 Å². The topological polar surface area (TPSA) is 63.9 Å². The lowest BCUT2D eigenvalue weighted by atomic mass is 9.93. The number of ether oxygens (including phenoxy) is 2. The lowest BCUT2D eigenvalue weighted by Gasteiger charge is -2.39. The summed E-state index contributed by atoms with van der Waals surface area (Å²) in [6.45, 7) is 3.77. The van der Waals surface area contributed by atoms with Crippen LogP contribution in [0.3, 0.4) is 0 Å². The van der Waals surface area contributed by atoms with Crippen molar-refractivity contribution in [1.29, 1.82) is 0 Å². The zero-order chi connectivity index (χ0) is 21.5. The Balaban J connectivity index is 1.66. The van der Waals surface area contributed by atoms with Crippen LogP contribution in [0.15, 0.2) is 41.9 Å². The quantitative estimate of drug-likeness (QED) is 0.547. The molecule has 0 aliphatic carbocycles. The maximum Gasteiger partial charge on any atom is 0.387 e. The molecule has 1 fully saturated rings. The number of aliphatic imine (C=N–C) groups is 1. The molecule has 2 aromatic rings. The highest BCUT2D eigenvalue weighted by Crippen LogP contribution is 2.30. The van der Waals surface area contributed by atoms with E-state index in [1.807, 2.05) is 12.5 Å². The van der Waals surface area contributed by atoms with Crippen molar-refractivity contribution in [1.82, 2.24) is 19.8 Å². The standard InChI is InChI=1S/C21H29F2N5O2/c1-4-29-19-11-16(5-6-18(19)30-20(22)23)12-26-21(24-3)27-9-7-15(2)17(13-27)28-10-8-25-14-28/h5-6,8,10-11,14-15,17,20H,4,7,9,12-13H2,1-3H3,(H,24,26). The van der Waals surface area contributed by atoms with Crippen molar-refractivity contribution in [2.24, 2.45) is 10.9 Å². The normalized spacial score (nSPS) is 19.8. The third kappa shape index (κ3) is 5.40. The lowest BCUT2D eigenvalue weighted by Crippen LogP contribution is -2.48. The van der Waals surface area contributed by atoms with Gasteiger partial charge in [0.2, 0.25) is 0 Å². The summed E-state index contributed by atoms with van der Waals surface area (Å²) in [6.07, 6.45) is 6.71. The number of aromatic nitrogens is 2. The van der Waals surface area contributed by atoms with E-state index in [0.717, 1.165) is 31.0 Å². The van der Waals surface area contributed by atoms with E-state index in [0.29, 0.717) is 30.9 Å². The average Bonchev–Trinajstić information content (AvgIpc) is 3.25. The second kappa shape index (κ2) is 10.3. The molecule has 0 bridgehead atoms. The zero-order valence-electron chi connectivity index (χ0n) is 17.6. The molecule has 3 rings (SSSR count). The Morgan fingerprint density at radius 1 is 1.37 bits per heavy atom. The number of likely N-dealkylation sites (tertiary alicyclic amines) is 1. The van der Waals surface area contributed by atoms with Gasteiger partial charge in [0.15, 0.2) is 17.5 Å². The number of imidazole rings is 1. The molecule has 1 aliphatic rings. The number of hydrogen-bond donors (Lipinski definition) is 1. The number of rotatable bonds is 7. The van der Waals surface area contributed by atoms with Gasteiger partial charge in [-0.2, -0.15) is 8.78 Å². The predicted octanol–water partition coefficient (Wildman–Crippen LogP) is 3.54. The van der Waals surface area contributed by atoms with E-state index in [1.54, 1.807) is 32.3 Å². The smallest absolute Gasteiger partial charge is 0.387 e. The first-order valence-corrected chi connectivity index (χ1v) is 10.1. The molecule has 2 unspecified atom stereocenters. The first-order chi connectivity index (χ1) is 14.5. The molecule has 2 heterocycles. The van der Waals surface area contributed by atoms with E-state index < -0.39 is 6.61 Å². The van der Waals surface area contributed by atoms with Crippen LogP contribution in [0.5, 0.6) is 11.5 Å². The minimum atomic E-state index is -2.89. The monoisotopic (exact) mass is 421 g/mol. The molecule has 9 heteroatoms. The second-order valence-electron chi connectivity index (χ2n) is 7.28. The molecular weight excluding hydrogens is 392 g/mol. The first-order valence-electron chi connectivity index (χ1n) is 10.1. The van der Waals surface area contributed by atoms with Crippen LogP contribution < -0.4 is 14.8 Å². The maximum absolute atomic E-state index is 12.6. The van der Waals surface area contributed by atoms with Crippen LogP contribution in [0.25, 0.3) is 0 Å². The highest BCUT2D eigenvalue weighted by molar-refractivity contribution is 5.80. The number of nitrogens with one attached hydrogen (secondary N) is 1. The molecule has 2 atom stereocenters. The van der Waals surface area contributed by atoms with Crippen molar-refractivity contribution < 1.29 is 18.3 Å². The Hall–Kier alpha value is -2.84. The van der Waals surface area contributed by atoms with Crippen LogP contribution in [-0.2, 0) is 6.54 Å². The van der Waals surface area contributed by atoms with E-state index >= 15 is 0 Å². The van der Waals surface area contributed by atoms with Crippen LogP contribution in [-0.4, -0.2) is 53.8 Å². The minimum Gasteiger partial charge on any atom is -0.490 e. The van der Waals surface area contributed by atoms with Crippen molar-refractivity contribution in [3.05, 3.63) is 42.5 Å². The molecule has 7 nitrogen and oxygen atoms in total. The third-order valence-electron chi connectivity index (χ3n) is 5.31. The fourth-order valence-electron chi connectivity index (χ4n) is 3.73. The van der Waals surface area contributed by atoms with Gasteiger partial charge in [0.25, 0.3) is 0 Å².